The fourth-order valence-corrected chi connectivity index (χ4v) is 4.89. The fraction of sp³-hybridized carbons (Fsp3) is 0.333. The summed E-state index contributed by atoms with van der Waals surface area (Å²) < 4.78 is 20.0. The molecule has 0 radical (unpaired) electrons. The Hall–Kier alpha value is -3.12. The van der Waals surface area contributed by atoms with Gasteiger partial charge in [-0.25, -0.2) is 14.4 Å². The number of amides is 1. The summed E-state index contributed by atoms with van der Waals surface area (Å²) in [5, 5.41) is 3.19. The van der Waals surface area contributed by atoms with Crippen molar-refractivity contribution in [3.05, 3.63) is 47.7 Å². The number of terminal acetylenes is 1. The lowest BCUT2D eigenvalue weighted by atomic mass is 9.77. The van der Waals surface area contributed by atoms with Gasteiger partial charge in [0.25, 0.3) is 5.91 Å². The molecule has 0 bridgehead atoms. The minimum absolute atomic E-state index is 0.0599. The summed E-state index contributed by atoms with van der Waals surface area (Å²) in [6.07, 6.45) is 9.66. The standard InChI is InChI=1S/C21H20FN5O2S/c1-3-8-29-17-11-24-16(10-25-17)18(28)26-13-4-5-15(22)14(9-13)20(2)21(6-7-21)12-30-19(23)27-20/h1,4-5,9-11H,6-8,12H2,2H3,(H2,23,27)(H,26,28)/t20-/m1/s1. The summed E-state index contributed by atoms with van der Waals surface area (Å²) in [6, 6.07) is 4.46. The molecule has 7 nitrogen and oxygen atoms in total. The maximum Gasteiger partial charge on any atom is 0.275 e. The number of benzene rings is 1. The number of aromatic nitrogens is 2. The van der Waals surface area contributed by atoms with Crippen LogP contribution in [-0.4, -0.2) is 33.4 Å². The summed E-state index contributed by atoms with van der Waals surface area (Å²) in [4.78, 5) is 25.2. The Morgan fingerprint density at radius 3 is 2.87 bits per heavy atom. The van der Waals surface area contributed by atoms with Crippen molar-refractivity contribution in [2.75, 3.05) is 17.7 Å². The first-order chi connectivity index (χ1) is 14.4. The van der Waals surface area contributed by atoms with E-state index in [9.17, 15) is 9.18 Å². The molecule has 1 spiro atoms. The van der Waals surface area contributed by atoms with Crippen LogP contribution in [0.3, 0.4) is 0 Å². The van der Waals surface area contributed by atoms with Gasteiger partial charge in [0.1, 0.15) is 11.5 Å². The number of amidine groups is 1. The van der Waals surface area contributed by atoms with Crippen molar-refractivity contribution in [3.8, 4) is 18.2 Å². The third-order valence-corrected chi connectivity index (χ3v) is 6.71. The predicted molar refractivity (Wildman–Crippen MR) is 114 cm³/mol. The number of ether oxygens (including phenoxy) is 1. The van der Waals surface area contributed by atoms with Crippen LogP contribution in [-0.2, 0) is 5.54 Å². The Morgan fingerprint density at radius 2 is 2.20 bits per heavy atom. The van der Waals surface area contributed by atoms with E-state index >= 15 is 0 Å². The Bertz CT molecular complexity index is 1060. The van der Waals surface area contributed by atoms with Gasteiger partial charge in [-0.1, -0.05) is 17.7 Å². The van der Waals surface area contributed by atoms with Crippen molar-refractivity contribution < 1.29 is 13.9 Å². The van der Waals surface area contributed by atoms with E-state index in [0.29, 0.717) is 16.4 Å². The van der Waals surface area contributed by atoms with Gasteiger partial charge in [0.05, 0.1) is 17.9 Å². The molecular weight excluding hydrogens is 405 g/mol. The molecule has 1 saturated carbocycles. The summed E-state index contributed by atoms with van der Waals surface area (Å²) in [7, 11) is 0. The fourth-order valence-electron chi connectivity index (χ4n) is 3.65. The number of nitrogens with one attached hydrogen (secondary N) is 1. The molecule has 3 N–H and O–H groups in total. The van der Waals surface area contributed by atoms with Crippen LogP contribution in [0.4, 0.5) is 10.1 Å². The molecule has 2 aliphatic rings. The van der Waals surface area contributed by atoms with Crippen molar-refractivity contribution in [1.29, 1.82) is 0 Å². The highest BCUT2D eigenvalue weighted by molar-refractivity contribution is 8.13. The highest BCUT2D eigenvalue weighted by Gasteiger charge is 2.60. The van der Waals surface area contributed by atoms with Crippen LogP contribution in [0.25, 0.3) is 0 Å². The second-order valence-electron chi connectivity index (χ2n) is 7.47. The van der Waals surface area contributed by atoms with Gasteiger partial charge < -0.3 is 15.8 Å². The summed E-state index contributed by atoms with van der Waals surface area (Å²) >= 11 is 1.51. The van der Waals surface area contributed by atoms with E-state index in [1.54, 1.807) is 6.07 Å². The largest absolute Gasteiger partial charge is 0.463 e. The third kappa shape index (κ3) is 3.59. The predicted octanol–water partition coefficient (Wildman–Crippen LogP) is 2.94. The van der Waals surface area contributed by atoms with E-state index < -0.39 is 11.4 Å². The maximum atomic E-state index is 14.8. The molecule has 2 aromatic rings. The van der Waals surface area contributed by atoms with Gasteiger partial charge in [-0.2, -0.15) is 0 Å². The summed E-state index contributed by atoms with van der Waals surface area (Å²) in [6.45, 7) is 1.97. The normalized spacial score (nSPS) is 21.4. The second-order valence-corrected chi connectivity index (χ2v) is 8.47. The topological polar surface area (TPSA) is 102 Å². The lowest BCUT2D eigenvalue weighted by Crippen LogP contribution is -2.40. The van der Waals surface area contributed by atoms with E-state index in [4.69, 9.17) is 16.9 Å². The zero-order chi connectivity index (χ0) is 21.4. The van der Waals surface area contributed by atoms with Crippen LogP contribution in [0.2, 0.25) is 0 Å². The number of thioether (sulfide) groups is 1. The molecule has 0 unspecified atom stereocenters. The lowest BCUT2D eigenvalue weighted by Gasteiger charge is -2.39. The van der Waals surface area contributed by atoms with Crippen molar-refractivity contribution in [2.24, 2.45) is 16.1 Å². The molecule has 30 heavy (non-hydrogen) atoms. The minimum Gasteiger partial charge on any atom is -0.463 e. The maximum absolute atomic E-state index is 14.8. The first-order valence-corrected chi connectivity index (χ1v) is 10.3. The number of hydrogen-bond acceptors (Lipinski definition) is 7. The molecule has 1 fully saturated rings. The van der Waals surface area contributed by atoms with Crippen LogP contribution in [0.5, 0.6) is 5.88 Å². The van der Waals surface area contributed by atoms with Gasteiger partial charge in [-0.05, 0) is 38.0 Å². The van der Waals surface area contributed by atoms with Crippen LogP contribution >= 0.6 is 11.8 Å². The number of hydrogen-bond donors (Lipinski definition) is 2. The van der Waals surface area contributed by atoms with E-state index in [2.05, 4.69) is 26.2 Å². The Balaban J connectivity index is 1.57. The number of carbonyl (C=O) groups is 1. The first kappa shape index (κ1) is 20.2. The average Bonchev–Trinajstić information content (AvgIpc) is 3.53. The molecule has 1 aliphatic heterocycles. The Morgan fingerprint density at radius 1 is 1.40 bits per heavy atom. The highest BCUT2D eigenvalue weighted by Crippen LogP contribution is 2.63. The number of nitrogens with zero attached hydrogens (tertiary/aromatic N) is 3. The number of carbonyl (C=O) groups excluding carboxylic acids is 1. The number of halogens is 1. The number of anilines is 1. The van der Waals surface area contributed by atoms with E-state index in [0.717, 1.165) is 18.6 Å². The van der Waals surface area contributed by atoms with Gasteiger partial charge in [-0.3, -0.25) is 9.79 Å². The molecule has 4 rings (SSSR count). The van der Waals surface area contributed by atoms with Crippen LogP contribution in [0, 0.1) is 23.6 Å². The monoisotopic (exact) mass is 425 g/mol. The van der Waals surface area contributed by atoms with Gasteiger partial charge in [0.15, 0.2) is 11.8 Å². The molecule has 1 aliphatic carbocycles. The Labute approximate surface area is 177 Å². The molecule has 1 atom stereocenters. The van der Waals surface area contributed by atoms with Gasteiger partial charge in [0.2, 0.25) is 5.88 Å². The van der Waals surface area contributed by atoms with Crippen molar-refractivity contribution in [1.82, 2.24) is 9.97 Å². The summed E-state index contributed by atoms with van der Waals surface area (Å²) in [5.74, 6) is 2.50. The van der Waals surface area contributed by atoms with E-state index in [1.807, 2.05) is 6.92 Å². The molecular formula is C21H20FN5O2S. The van der Waals surface area contributed by atoms with Gasteiger partial charge in [-0.15, -0.1) is 6.42 Å². The lowest BCUT2D eigenvalue weighted by molar-refractivity contribution is 0.102. The zero-order valence-corrected chi connectivity index (χ0v) is 17.1. The van der Waals surface area contributed by atoms with Crippen LogP contribution in [0.15, 0.2) is 35.6 Å². The molecule has 1 amide bonds. The van der Waals surface area contributed by atoms with Crippen LogP contribution < -0.4 is 15.8 Å². The smallest absolute Gasteiger partial charge is 0.275 e. The van der Waals surface area contributed by atoms with Crippen molar-refractivity contribution >= 4 is 28.5 Å². The molecule has 154 valence electrons. The van der Waals surface area contributed by atoms with E-state index in [-0.39, 0.29) is 29.4 Å². The molecule has 0 saturated heterocycles. The van der Waals surface area contributed by atoms with Crippen LogP contribution in [0.1, 0.15) is 35.8 Å². The first-order valence-electron chi connectivity index (χ1n) is 9.35. The average molecular weight is 425 g/mol. The molecule has 2 heterocycles. The number of aliphatic imine (C=N–C) groups is 1. The second kappa shape index (κ2) is 7.61. The zero-order valence-electron chi connectivity index (χ0n) is 16.3. The van der Waals surface area contributed by atoms with Crippen molar-refractivity contribution in [3.63, 3.8) is 0 Å². The number of rotatable bonds is 5. The molecule has 9 heteroatoms. The van der Waals surface area contributed by atoms with E-state index in [1.165, 1.54) is 36.3 Å². The highest BCUT2D eigenvalue weighted by atomic mass is 32.2. The van der Waals surface area contributed by atoms with Gasteiger partial charge in [0, 0.05) is 22.4 Å². The minimum atomic E-state index is -0.775. The molecule has 1 aromatic carbocycles. The molecule has 1 aromatic heterocycles. The Kier molecular flexibility index (Phi) is 5.12. The van der Waals surface area contributed by atoms with Gasteiger partial charge >= 0.3 is 0 Å². The van der Waals surface area contributed by atoms with Crippen molar-refractivity contribution in [2.45, 2.75) is 25.3 Å². The quantitative estimate of drug-likeness (QED) is 0.714. The SMILES string of the molecule is C#CCOc1cnc(C(=O)Nc2ccc(F)c([C@@]3(C)N=C(N)SCC34CC4)c2)cn1. The summed E-state index contributed by atoms with van der Waals surface area (Å²) in [5.41, 5.74) is 6.04. The third-order valence-electron chi connectivity index (χ3n) is 5.63. The number of nitrogens with two attached hydrogens (primary N) is 1.